The molecule has 0 saturated carbocycles. The highest BCUT2D eigenvalue weighted by Gasteiger charge is 2.27. The van der Waals surface area contributed by atoms with Crippen molar-refractivity contribution < 1.29 is 14.0 Å². The summed E-state index contributed by atoms with van der Waals surface area (Å²) in [5.41, 5.74) is 2.09. The molecule has 6 heteroatoms. The lowest BCUT2D eigenvalue weighted by molar-refractivity contribution is 0.220. The first-order chi connectivity index (χ1) is 13.1. The number of pyridine rings is 1. The maximum Gasteiger partial charge on any atom is 0.173 e. The Morgan fingerprint density at radius 3 is 2.48 bits per heavy atom. The Kier molecular flexibility index (Phi) is 4.71. The first-order valence-electron chi connectivity index (χ1n) is 8.23. The number of hydrogen-bond donors (Lipinski definition) is 1. The van der Waals surface area contributed by atoms with Crippen LogP contribution in [0.25, 0.3) is 22.6 Å². The number of aliphatic hydroxyl groups excluding tert-OH is 1. The topological polar surface area (TPSA) is 59.2 Å². The van der Waals surface area contributed by atoms with Gasteiger partial charge in [0.15, 0.2) is 5.76 Å². The maximum atomic E-state index is 14.4. The van der Waals surface area contributed by atoms with Crippen LogP contribution in [0.4, 0.5) is 4.39 Å². The van der Waals surface area contributed by atoms with E-state index in [0.29, 0.717) is 27.5 Å². The van der Waals surface area contributed by atoms with Crippen LogP contribution in [0.15, 0.2) is 77.6 Å². The molecule has 27 heavy (non-hydrogen) atoms. The molecule has 1 N–H and O–H groups in total. The summed E-state index contributed by atoms with van der Waals surface area (Å²) in [5.74, 6) is -0.102. The number of aromatic nitrogens is 2. The van der Waals surface area contributed by atoms with Gasteiger partial charge >= 0.3 is 0 Å². The number of halogens is 2. The highest BCUT2D eigenvalue weighted by molar-refractivity contribution is 6.30. The Morgan fingerprint density at radius 1 is 1.00 bits per heavy atom. The van der Waals surface area contributed by atoms with Crippen LogP contribution in [0.1, 0.15) is 17.2 Å². The van der Waals surface area contributed by atoms with E-state index in [4.69, 9.17) is 16.1 Å². The number of benzene rings is 2. The minimum absolute atomic E-state index is 0.245. The minimum atomic E-state index is -1.09. The lowest BCUT2D eigenvalue weighted by atomic mass is 9.95. The quantitative estimate of drug-likeness (QED) is 0.523. The standard InChI is InChI=1S/C21H14ClFN2O2/c22-15-9-7-13(8-10-15)21-18(20(26)14-4-3-11-24-12-14)19(25-27-21)16-5-1-2-6-17(16)23/h1-12,20,26H. The van der Waals surface area contributed by atoms with E-state index in [2.05, 4.69) is 10.1 Å². The minimum Gasteiger partial charge on any atom is -0.383 e. The van der Waals surface area contributed by atoms with Crippen LogP contribution in [0.3, 0.4) is 0 Å². The molecule has 0 fully saturated rings. The van der Waals surface area contributed by atoms with Gasteiger partial charge in [0, 0.05) is 34.1 Å². The normalized spacial score (nSPS) is 12.1. The maximum absolute atomic E-state index is 14.4. The molecule has 0 aliphatic heterocycles. The molecule has 2 aromatic carbocycles. The third-order valence-corrected chi connectivity index (χ3v) is 4.49. The summed E-state index contributed by atoms with van der Waals surface area (Å²) in [4.78, 5) is 4.05. The number of rotatable bonds is 4. The molecule has 134 valence electrons. The van der Waals surface area contributed by atoms with Gasteiger partial charge in [0.1, 0.15) is 17.6 Å². The molecule has 1 atom stereocenters. The van der Waals surface area contributed by atoms with Crippen molar-refractivity contribution in [3.63, 3.8) is 0 Å². The average molecular weight is 381 g/mol. The van der Waals surface area contributed by atoms with Crippen LogP contribution in [-0.2, 0) is 0 Å². The summed E-state index contributed by atoms with van der Waals surface area (Å²) in [6.45, 7) is 0. The molecule has 0 amide bonds. The summed E-state index contributed by atoms with van der Waals surface area (Å²) in [5, 5.41) is 15.7. The van der Waals surface area contributed by atoms with Crippen LogP contribution in [0, 0.1) is 5.82 Å². The van der Waals surface area contributed by atoms with Gasteiger partial charge in [-0.2, -0.15) is 0 Å². The molecular weight excluding hydrogens is 367 g/mol. The molecular formula is C21H14ClFN2O2. The van der Waals surface area contributed by atoms with Crippen molar-refractivity contribution in [3.05, 3.63) is 95.0 Å². The van der Waals surface area contributed by atoms with E-state index >= 15 is 0 Å². The molecule has 0 radical (unpaired) electrons. The van der Waals surface area contributed by atoms with Crippen molar-refractivity contribution in [2.75, 3.05) is 0 Å². The zero-order valence-electron chi connectivity index (χ0n) is 14.0. The zero-order chi connectivity index (χ0) is 18.8. The number of nitrogens with zero attached hydrogens (tertiary/aromatic N) is 2. The van der Waals surface area contributed by atoms with Gasteiger partial charge < -0.3 is 9.63 Å². The molecule has 0 bridgehead atoms. The van der Waals surface area contributed by atoms with Crippen LogP contribution < -0.4 is 0 Å². The summed E-state index contributed by atoms with van der Waals surface area (Å²) in [6.07, 6.45) is 2.07. The van der Waals surface area contributed by atoms with Crippen LogP contribution in [0.5, 0.6) is 0 Å². The SMILES string of the molecule is OC(c1cccnc1)c1c(-c2ccccc2F)noc1-c1ccc(Cl)cc1. The Morgan fingerprint density at radius 2 is 1.78 bits per heavy atom. The number of hydrogen-bond acceptors (Lipinski definition) is 4. The smallest absolute Gasteiger partial charge is 0.173 e. The molecule has 2 heterocycles. The van der Waals surface area contributed by atoms with Gasteiger partial charge in [0.2, 0.25) is 0 Å². The molecule has 0 aliphatic carbocycles. The van der Waals surface area contributed by atoms with Gasteiger partial charge in [-0.05, 0) is 42.5 Å². The van der Waals surface area contributed by atoms with Crippen molar-refractivity contribution in [3.8, 4) is 22.6 Å². The summed E-state index contributed by atoms with van der Waals surface area (Å²) in [7, 11) is 0. The molecule has 4 nitrogen and oxygen atoms in total. The Balaban J connectivity index is 1.93. The lowest BCUT2D eigenvalue weighted by Gasteiger charge is -2.13. The first-order valence-corrected chi connectivity index (χ1v) is 8.61. The van der Waals surface area contributed by atoms with Gasteiger partial charge in [-0.1, -0.05) is 35.0 Å². The van der Waals surface area contributed by atoms with E-state index in [-0.39, 0.29) is 11.3 Å². The molecule has 0 spiro atoms. The zero-order valence-corrected chi connectivity index (χ0v) is 14.8. The monoisotopic (exact) mass is 380 g/mol. The largest absolute Gasteiger partial charge is 0.383 e. The fourth-order valence-electron chi connectivity index (χ4n) is 2.91. The van der Waals surface area contributed by atoms with Gasteiger partial charge in [0.05, 0.1) is 5.56 Å². The average Bonchev–Trinajstić information content (AvgIpc) is 3.14. The predicted molar refractivity (Wildman–Crippen MR) is 101 cm³/mol. The predicted octanol–water partition coefficient (Wildman–Crippen LogP) is 5.28. The van der Waals surface area contributed by atoms with E-state index in [0.717, 1.165) is 0 Å². The summed E-state index contributed by atoms with van der Waals surface area (Å²) < 4.78 is 19.9. The molecule has 4 rings (SSSR count). The van der Waals surface area contributed by atoms with E-state index in [9.17, 15) is 9.50 Å². The third kappa shape index (κ3) is 3.35. The van der Waals surface area contributed by atoms with E-state index in [1.165, 1.54) is 6.07 Å². The second-order valence-electron chi connectivity index (χ2n) is 5.95. The fraction of sp³-hybridized carbons (Fsp3) is 0.0476. The third-order valence-electron chi connectivity index (χ3n) is 4.24. The highest BCUT2D eigenvalue weighted by Crippen LogP contribution is 2.39. The highest BCUT2D eigenvalue weighted by atomic mass is 35.5. The van der Waals surface area contributed by atoms with Crippen LogP contribution in [0.2, 0.25) is 5.02 Å². The van der Waals surface area contributed by atoms with Crippen molar-refractivity contribution >= 4 is 11.6 Å². The van der Waals surface area contributed by atoms with Gasteiger partial charge in [-0.3, -0.25) is 4.98 Å². The second kappa shape index (κ2) is 7.31. The number of aliphatic hydroxyl groups is 1. The van der Waals surface area contributed by atoms with Crippen LogP contribution in [-0.4, -0.2) is 15.2 Å². The van der Waals surface area contributed by atoms with E-state index in [1.54, 1.807) is 67.0 Å². The Labute approximate surface area is 159 Å². The lowest BCUT2D eigenvalue weighted by Crippen LogP contribution is -2.03. The van der Waals surface area contributed by atoms with Crippen LogP contribution >= 0.6 is 11.6 Å². The van der Waals surface area contributed by atoms with Crippen molar-refractivity contribution in [2.24, 2.45) is 0 Å². The Hall–Kier alpha value is -3.02. The van der Waals surface area contributed by atoms with Gasteiger partial charge in [0.25, 0.3) is 0 Å². The Bertz CT molecular complexity index is 1070. The molecule has 0 saturated heterocycles. The van der Waals surface area contributed by atoms with Gasteiger partial charge in [-0.25, -0.2) is 4.39 Å². The molecule has 1 unspecified atom stereocenters. The van der Waals surface area contributed by atoms with Crippen molar-refractivity contribution in [1.82, 2.24) is 10.1 Å². The van der Waals surface area contributed by atoms with Crippen molar-refractivity contribution in [1.29, 1.82) is 0 Å². The molecule has 4 aromatic rings. The van der Waals surface area contributed by atoms with E-state index < -0.39 is 11.9 Å². The first kappa shape index (κ1) is 17.4. The van der Waals surface area contributed by atoms with Crippen molar-refractivity contribution in [2.45, 2.75) is 6.10 Å². The fourth-order valence-corrected chi connectivity index (χ4v) is 3.04. The second-order valence-corrected chi connectivity index (χ2v) is 6.39. The van der Waals surface area contributed by atoms with E-state index in [1.807, 2.05) is 0 Å². The molecule has 2 aromatic heterocycles. The summed E-state index contributed by atoms with van der Waals surface area (Å²) in [6, 6.07) is 16.6. The van der Waals surface area contributed by atoms with Gasteiger partial charge in [-0.15, -0.1) is 0 Å². The molecule has 0 aliphatic rings. The summed E-state index contributed by atoms with van der Waals surface area (Å²) >= 11 is 5.97.